The van der Waals surface area contributed by atoms with Gasteiger partial charge >= 0.3 is 0 Å². The maximum Gasteiger partial charge on any atom is 0.164 e. The van der Waals surface area contributed by atoms with Gasteiger partial charge in [0.15, 0.2) is 17.5 Å². The Hall–Kier alpha value is -5.84. The SMILES string of the molecule is C1=Cc2cc(-c3ccc4c5c([nH]c4c3)=CCCC=5)ccc2CC1.CC.CC12C=CC=C1c1nc(nc(-c3ccc(-c4ccc(Cl)cc4)cc3)n1)C1=CC=CC12C. The van der Waals surface area contributed by atoms with Crippen molar-refractivity contribution in [3.05, 3.63) is 166 Å². The molecule has 0 fully saturated rings. The van der Waals surface area contributed by atoms with E-state index in [2.05, 4.69) is 140 Å². The Morgan fingerprint density at radius 2 is 1.18 bits per heavy atom. The van der Waals surface area contributed by atoms with Crippen LogP contribution in [0.2, 0.25) is 5.02 Å². The van der Waals surface area contributed by atoms with Gasteiger partial charge in [-0.05, 0) is 83.3 Å². The van der Waals surface area contributed by atoms with Crippen LogP contribution in [0.25, 0.3) is 73.9 Å². The molecule has 56 heavy (non-hydrogen) atoms. The second kappa shape index (κ2) is 14.3. The molecule has 4 aliphatic carbocycles. The van der Waals surface area contributed by atoms with E-state index in [0.717, 1.165) is 57.3 Å². The van der Waals surface area contributed by atoms with E-state index in [1.54, 1.807) is 0 Å². The van der Waals surface area contributed by atoms with Crippen molar-refractivity contribution in [1.82, 2.24) is 19.9 Å². The lowest BCUT2D eigenvalue weighted by Crippen LogP contribution is -2.33. The minimum atomic E-state index is -0.195. The predicted molar refractivity (Wildman–Crippen MR) is 236 cm³/mol. The molecule has 0 saturated heterocycles. The van der Waals surface area contributed by atoms with Gasteiger partial charge in [0.2, 0.25) is 0 Å². The summed E-state index contributed by atoms with van der Waals surface area (Å²) in [5.74, 6) is 2.23. The van der Waals surface area contributed by atoms with Crippen LogP contribution in [0.1, 0.15) is 69.7 Å². The van der Waals surface area contributed by atoms with E-state index in [-0.39, 0.29) is 10.8 Å². The van der Waals surface area contributed by atoms with Crippen LogP contribution in [-0.4, -0.2) is 19.9 Å². The Kier molecular flexibility index (Phi) is 9.18. The minimum Gasteiger partial charge on any atom is -0.355 e. The molecular weight excluding hydrogens is 704 g/mol. The van der Waals surface area contributed by atoms with E-state index in [1.165, 1.54) is 56.6 Å². The molecular formula is C51H45ClN4. The number of aryl methyl sites for hydroxylation is 1. The van der Waals surface area contributed by atoms with Gasteiger partial charge in [0.05, 0.1) is 0 Å². The molecule has 0 radical (unpaired) electrons. The summed E-state index contributed by atoms with van der Waals surface area (Å²) in [7, 11) is 0. The van der Waals surface area contributed by atoms with Crippen LogP contribution >= 0.6 is 11.6 Å². The van der Waals surface area contributed by atoms with Gasteiger partial charge in [0, 0.05) is 54.0 Å². The predicted octanol–water partition coefficient (Wildman–Crippen LogP) is 12.0. The van der Waals surface area contributed by atoms with Crippen LogP contribution in [-0.2, 0) is 6.42 Å². The molecule has 3 heterocycles. The zero-order chi connectivity index (χ0) is 38.4. The van der Waals surface area contributed by atoms with E-state index < -0.39 is 0 Å². The summed E-state index contributed by atoms with van der Waals surface area (Å²) >= 11 is 6.02. The number of aromatic amines is 1. The van der Waals surface area contributed by atoms with E-state index in [1.807, 2.05) is 38.1 Å². The Morgan fingerprint density at radius 3 is 1.88 bits per heavy atom. The molecule has 276 valence electrons. The number of nitrogens with zero attached hydrogens (tertiary/aromatic N) is 3. The summed E-state index contributed by atoms with van der Waals surface area (Å²) in [5.41, 5.74) is 11.8. The van der Waals surface area contributed by atoms with Crippen molar-refractivity contribution < 1.29 is 0 Å². The van der Waals surface area contributed by atoms with E-state index in [9.17, 15) is 0 Å². The summed E-state index contributed by atoms with van der Waals surface area (Å²) in [6.07, 6.45) is 26.9. The number of H-pyrrole nitrogens is 1. The number of benzene rings is 4. The number of halogens is 1. The van der Waals surface area contributed by atoms with Crippen LogP contribution in [0.3, 0.4) is 0 Å². The van der Waals surface area contributed by atoms with Crippen LogP contribution < -0.4 is 10.6 Å². The van der Waals surface area contributed by atoms with Gasteiger partial charge in [-0.25, -0.2) is 15.0 Å². The first-order valence-electron chi connectivity index (χ1n) is 19.9. The molecule has 1 aliphatic heterocycles. The first-order chi connectivity index (χ1) is 27.4. The minimum absolute atomic E-state index is 0.195. The second-order valence-electron chi connectivity index (χ2n) is 15.2. The third-order valence-corrected chi connectivity index (χ3v) is 12.4. The zero-order valence-corrected chi connectivity index (χ0v) is 33.2. The normalized spacial score (nSPS) is 20.4. The Labute approximate surface area is 334 Å². The van der Waals surface area contributed by atoms with Crippen LogP contribution in [0.4, 0.5) is 0 Å². The van der Waals surface area contributed by atoms with Crippen molar-refractivity contribution in [2.45, 2.75) is 53.4 Å². The average Bonchev–Trinajstić information content (AvgIpc) is 3.96. The lowest BCUT2D eigenvalue weighted by molar-refractivity contribution is 0.353. The maximum absolute atomic E-state index is 6.02. The number of hydrogen-bond acceptors (Lipinski definition) is 3. The molecule has 4 aromatic carbocycles. The van der Waals surface area contributed by atoms with Crippen molar-refractivity contribution in [3.8, 4) is 33.6 Å². The highest BCUT2D eigenvalue weighted by molar-refractivity contribution is 6.30. The molecule has 2 aromatic heterocycles. The fourth-order valence-electron chi connectivity index (χ4n) is 8.78. The molecule has 0 amide bonds. The molecule has 0 saturated carbocycles. The van der Waals surface area contributed by atoms with Crippen molar-refractivity contribution in [2.24, 2.45) is 10.8 Å². The number of fused-ring (bicyclic) bond motifs is 11. The van der Waals surface area contributed by atoms with Gasteiger partial charge in [0.1, 0.15) is 0 Å². The van der Waals surface area contributed by atoms with Crippen LogP contribution in [0, 0.1) is 10.8 Å². The first-order valence-corrected chi connectivity index (χ1v) is 20.3. The molecule has 6 aromatic rings. The Balaban J connectivity index is 0.000000146. The van der Waals surface area contributed by atoms with Gasteiger partial charge in [-0.1, -0.05) is 161 Å². The zero-order valence-electron chi connectivity index (χ0n) is 32.4. The number of allylic oxidation sites excluding steroid dienone is 9. The van der Waals surface area contributed by atoms with Gasteiger partial charge in [-0.2, -0.15) is 0 Å². The molecule has 2 bridgehead atoms. The summed E-state index contributed by atoms with van der Waals surface area (Å²) in [4.78, 5) is 18.2. The highest BCUT2D eigenvalue weighted by Gasteiger charge is 2.52. The molecule has 1 N–H and O–H groups in total. The molecule has 5 aliphatic rings. The van der Waals surface area contributed by atoms with Crippen molar-refractivity contribution in [2.75, 3.05) is 0 Å². The number of rotatable bonds is 3. The van der Waals surface area contributed by atoms with Crippen LogP contribution in [0.15, 0.2) is 127 Å². The third kappa shape index (κ3) is 6.04. The Bertz CT molecular complexity index is 2740. The number of nitrogens with one attached hydrogen (secondary N) is 1. The van der Waals surface area contributed by atoms with E-state index >= 15 is 0 Å². The maximum atomic E-state index is 6.02. The highest BCUT2D eigenvalue weighted by atomic mass is 35.5. The van der Waals surface area contributed by atoms with E-state index in [4.69, 9.17) is 26.6 Å². The number of aromatic nitrogens is 4. The largest absolute Gasteiger partial charge is 0.355 e. The highest BCUT2D eigenvalue weighted by Crippen LogP contribution is 2.61. The average molecular weight is 749 g/mol. The first kappa shape index (κ1) is 35.8. The van der Waals surface area contributed by atoms with Crippen molar-refractivity contribution >= 4 is 51.9 Å². The standard InChI is InChI=1S/C27H20ClN3.C22H19N.C2H6/c1-26-15-3-5-21(26)24-29-23(30-25(31-24)22-6-4-16-27(22,26)2)19-9-7-17(8-10-19)18-11-13-20(28)14-12-18;1-2-6-16-13-17(10-9-15(16)5-1)18-11-12-20-19-7-3-4-8-21(19)23-22(20)14-18;1-2/h3-16H,1-2H3;2,6-14,23H,1,3-5H2;1-2H3. The summed E-state index contributed by atoms with van der Waals surface area (Å²) in [6.45, 7) is 8.54. The topological polar surface area (TPSA) is 54.5 Å². The second-order valence-corrected chi connectivity index (χ2v) is 15.7. The molecule has 2 atom stereocenters. The third-order valence-electron chi connectivity index (χ3n) is 12.1. The molecule has 5 heteroatoms. The van der Waals surface area contributed by atoms with Crippen LogP contribution in [0.5, 0.6) is 0 Å². The molecule has 4 nitrogen and oxygen atoms in total. The molecule has 0 spiro atoms. The quantitative estimate of drug-likeness (QED) is 0.196. The summed E-state index contributed by atoms with van der Waals surface area (Å²) in [6, 6.07) is 29.9. The summed E-state index contributed by atoms with van der Waals surface area (Å²) in [5, 5.41) is 4.75. The Morgan fingerprint density at radius 1 is 0.607 bits per heavy atom. The number of hydrogen-bond donors (Lipinski definition) is 1. The van der Waals surface area contributed by atoms with Gasteiger partial charge in [-0.3, -0.25) is 0 Å². The molecule has 11 rings (SSSR count). The van der Waals surface area contributed by atoms with E-state index in [0.29, 0.717) is 5.82 Å². The summed E-state index contributed by atoms with van der Waals surface area (Å²) < 4.78 is 0. The fraction of sp³-hybridized carbons (Fsp3) is 0.196. The smallest absolute Gasteiger partial charge is 0.164 e. The van der Waals surface area contributed by atoms with Crippen molar-refractivity contribution in [1.29, 1.82) is 0 Å². The van der Waals surface area contributed by atoms with Gasteiger partial charge in [0.25, 0.3) is 0 Å². The fourth-order valence-corrected chi connectivity index (χ4v) is 8.91. The van der Waals surface area contributed by atoms with Crippen molar-refractivity contribution in [3.63, 3.8) is 0 Å². The molecule has 2 unspecified atom stereocenters. The lowest BCUT2D eigenvalue weighted by atomic mass is 9.60. The van der Waals surface area contributed by atoms with Gasteiger partial charge < -0.3 is 4.98 Å². The van der Waals surface area contributed by atoms with Gasteiger partial charge in [-0.15, -0.1) is 0 Å². The lowest BCUT2D eigenvalue weighted by Gasteiger charge is -2.40. The monoisotopic (exact) mass is 748 g/mol.